The van der Waals surface area contributed by atoms with Crippen molar-refractivity contribution in [2.75, 3.05) is 38.3 Å². The van der Waals surface area contributed by atoms with E-state index in [4.69, 9.17) is 25.8 Å². The van der Waals surface area contributed by atoms with Crippen LogP contribution < -0.4 is 14.4 Å². The van der Waals surface area contributed by atoms with Crippen LogP contribution in [0.25, 0.3) is 0 Å². The van der Waals surface area contributed by atoms with Crippen LogP contribution in [0.5, 0.6) is 5.75 Å². The van der Waals surface area contributed by atoms with Gasteiger partial charge in [0.05, 0.1) is 30.8 Å². The van der Waals surface area contributed by atoms with Gasteiger partial charge in [0.15, 0.2) is 0 Å². The molecule has 2 aliphatic heterocycles. The maximum atomic E-state index is 13.6. The van der Waals surface area contributed by atoms with Crippen molar-refractivity contribution in [3.05, 3.63) is 70.3 Å². The number of ether oxygens (including phenoxy) is 3. The quantitative estimate of drug-likeness (QED) is 0.329. The van der Waals surface area contributed by atoms with Crippen molar-refractivity contribution in [1.29, 1.82) is 0 Å². The first-order valence-corrected chi connectivity index (χ1v) is 18.8. The molecule has 0 saturated heterocycles. The second-order valence-corrected chi connectivity index (χ2v) is 16.3. The van der Waals surface area contributed by atoms with E-state index >= 15 is 0 Å². The first kappa shape index (κ1) is 32.5. The fourth-order valence-electron chi connectivity index (χ4n) is 8.20. The molecule has 0 radical (unpaired) electrons. The number of allylic oxidation sites excluding steroid dienone is 1. The fourth-order valence-corrected chi connectivity index (χ4v) is 10.2. The number of nitrogens with one attached hydrogen (secondary N) is 1. The number of aryl methyl sites for hydroxylation is 1. The number of carbonyl (C=O) groups excluding carboxylic acids is 2. The van der Waals surface area contributed by atoms with Gasteiger partial charge in [0, 0.05) is 29.1 Å². The largest absolute Gasteiger partial charge is 0.490 e. The van der Waals surface area contributed by atoms with Gasteiger partial charge in [0.2, 0.25) is 10.0 Å². The van der Waals surface area contributed by atoms with E-state index in [2.05, 4.69) is 21.8 Å². The molecule has 3 aliphatic carbocycles. The number of benzene rings is 2. The molecule has 5 atom stereocenters. The molecular weight excluding hydrogens is 640 g/mol. The lowest BCUT2D eigenvalue weighted by molar-refractivity contribution is -0.149. The molecule has 0 unspecified atom stereocenters. The van der Waals surface area contributed by atoms with Gasteiger partial charge in [-0.1, -0.05) is 29.8 Å². The minimum absolute atomic E-state index is 0.0374. The third kappa shape index (κ3) is 6.65. The Kier molecular flexibility index (Phi) is 9.04. The van der Waals surface area contributed by atoms with Crippen molar-refractivity contribution in [2.45, 2.75) is 74.6 Å². The molecule has 7 rings (SSSR count). The molecule has 47 heavy (non-hydrogen) atoms. The zero-order chi connectivity index (χ0) is 32.8. The van der Waals surface area contributed by atoms with Crippen molar-refractivity contribution in [3.63, 3.8) is 0 Å². The number of hydrogen-bond donors (Lipinski definition) is 1. The maximum Gasteiger partial charge on any atom is 0.331 e. The summed E-state index contributed by atoms with van der Waals surface area (Å²) in [5.41, 5.74) is 3.27. The average Bonchev–Trinajstić information content (AvgIpc) is 3.89. The second-order valence-electron chi connectivity index (χ2n) is 14.0. The summed E-state index contributed by atoms with van der Waals surface area (Å²) < 4.78 is 47.2. The predicted molar refractivity (Wildman–Crippen MR) is 179 cm³/mol. The van der Waals surface area contributed by atoms with E-state index in [9.17, 15) is 18.0 Å². The first-order valence-electron chi connectivity index (χ1n) is 16.9. The lowest BCUT2D eigenvalue weighted by atomic mass is 9.68. The summed E-state index contributed by atoms with van der Waals surface area (Å²) in [6.45, 7) is 1.71. The molecule has 252 valence electrons. The van der Waals surface area contributed by atoms with Crippen LogP contribution in [0.4, 0.5) is 5.69 Å². The number of hydrogen-bond acceptors (Lipinski definition) is 8. The number of halogens is 1. The molecule has 11 heteroatoms. The number of nitrogens with zero attached hydrogens (tertiary/aromatic N) is 1. The highest BCUT2D eigenvalue weighted by atomic mass is 35.5. The molecule has 2 aromatic carbocycles. The first-order chi connectivity index (χ1) is 22.7. The Morgan fingerprint density at radius 1 is 1.11 bits per heavy atom. The summed E-state index contributed by atoms with van der Waals surface area (Å²) in [6.07, 6.45) is 11.1. The Balaban J connectivity index is 1.28. The molecule has 1 N–H and O–H groups in total. The number of amides is 1. The third-order valence-corrected chi connectivity index (χ3v) is 13.1. The Hall–Kier alpha value is -3.08. The van der Waals surface area contributed by atoms with Crippen LogP contribution in [0.1, 0.15) is 72.9 Å². The van der Waals surface area contributed by atoms with Gasteiger partial charge in [-0.2, -0.15) is 0 Å². The average molecular weight is 683 g/mol. The van der Waals surface area contributed by atoms with Crippen LogP contribution in [-0.2, 0) is 36.1 Å². The van der Waals surface area contributed by atoms with Crippen molar-refractivity contribution >= 4 is 39.2 Å². The molecular formula is C36H43ClN2O7S. The number of esters is 1. The zero-order valence-corrected chi connectivity index (χ0v) is 28.4. The number of methoxy groups -OCH3 is 1. The van der Waals surface area contributed by atoms with Crippen LogP contribution >= 0.6 is 11.6 Å². The van der Waals surface area contributed by atoms with Gasteiger partial charge in [-0.25, -0.2) is 17.9 Å². The van der Waals surface area contributed by atoms with Crippen LogP contribution in [0.3, 0.4) is 0 Å². The number of carbonyl (C=O) groups is 2. The van der Waals surface area contributed by atoms with Gasteiger partial charge in [-0.05, 0) is 117 Å². The standard InChI is InChI=1S/C36H43ClN2O7S/c1-44-34(40)20-45-31-6-2-3-7-33(23-8-9-23)47(42,43)38-35(41)25-11-15-32-30(18-25)39(19-26-10-13-28(26)31)21-36(22-46-32)16-4-5-24-17-27(37)12-14-29(24)36/h2,6,11-12,14-15,17-18,23,26,28,31,33H,3-5,7-10,13,16,19-22H2,1H3,(H,38,41)/b6-2-/t26-,28+,31-,33+,36-/m0/s1. The van der Waals surface area contributed by atoms with Crippen molar-refractivity contribution < 1.29 is 32.2 Å². The lowest BCUT2D eigenvalue weighted by Crippen LogP contribution is -2.49. The summed E-state index contributed by atoms with van der Waals surface area (Å²) in [6, 6.07) is 11.4. The third-order valence-electron chi connectivity index (χ3n) is 11.0. The molecule has 0 aromatic heterocycles. The van der Waals surface area contributed by atoms with Gasteiger partial charge >= 0.3 is 5.97 Å². The fraction of sp³-hybridized carbons (Fsp3) is 0.556. The molecule has 1 spiro atoms. The van der Waals surface area contributed by atoms with Gasteiger partial charge < -0.3 is 19.1 Å². The van der Waals surface area contributed by atoms with E-state index in [1.165, 1.54) is 18.2 Å². The SMILES string of the molecule is COC(=O)CO[C@H]1/C=C\CC[C@H](C2CC2)S(=O)(=O)NC(=O)c2ccc3c(c2)N(C[C@@H]2CC[C@H]21)C[C@@]1(CCCc2cc(Cl)ccc21)CO3. The monoisotopic (exact) mass is 682 g/mol. The Labute approximate surface area is 282 Å². The van der Waals surface area contributed by atoms with E-state index in [0.29, 0.717) is 43.9 Å². The van der Waals surface area contributed by atoms with Crippen molar-refractivity contribution in [2.24, 2.45) is 17.8 Å². The predicted octanol–water partition coefficient (Wildman–Crippen LogP) is 5.59. The van der Waals surface area contributed by atoms with E-state index in [1.54, 1.807) is 18.2 Å². The molecule has 2 aromatic rings. The summed E-state index contributed by atoms with van der Waals surface area (Å²) in [4.78, 5) is 28.0. The molecule has 2 fully saturated rings. The molecule has 1 amide bonds. The van der Waals surface area contributed by atoms with E-state index in [1.807, 2.05) is 18.2 Å². The molecule has 2 saturated carbocycles. The Morgan fingerprint density at radius 3 is 2.70 bits per heavy atom. The number of fused-ring (bicyclic) bond motifs is 4. The van der Waals surface area contributed by atoms with Crippen LogP contribution in [0.2, 0.25) is 5.02 Å². The molecule has 9 nitrogen and oxygen atoms in total. The second kappa shape index (κ2) is 13.1. The van der Waals surface area contributed by atoms with Gasteiger partial charge in [0.1, 0.15) is 12.4 Å². The van der Waals surface area contributed by atoms with Gasteiger partial charge in [-0.15, -0.1) is 0 Å². The lowest BCUT2D eigenvalue weighted by Gasteiger charge is -2.46. The highest BCUT2D eigenvalue weighted by Gasteiger charge is 2.45. The molecule has 2 heterocycles. The van der Waals surface area contributed by atoms with E-state index in [0.717, 1.165) is 55.7 Å². The van der Waals surface area contributed by atoms with Crippen LogP contribution in [0, 0.1) is 17.8 Å². The van der Waals surface area contributed by atoms with E-state index in [-0.39, 0.29) is 35.9 Å². The van der Waals surface area contributed by atoms with Gasteiger partial charge in [0.25, 0.3) is 5.91 Å². The van der Waals surface area contributed by atoms with Crippen molar-refractivity contribution in [3.8, 4) is 5.75 Å². The summed E-state index contributed by atoms with van der Waals surface area (Å²) in [5, 5.41) is 0.0665. The summed E-state index contributed by atoms with van der Waals surface area (Å²) in [5.74, 6) is 0.100. The highest BCUT2D eigenvalue weighted by molar-refractivity contribution is 7.90. The number of anilines is 1. The van der Waals surface area contributed by atoms with Crippen molar-refractivity contribution in [1.82, 2.24) is 4.72 Å². The van der Waals surface area contributed by atoms with Gasteiger partial charge in [-0.3, -0.25) is 4.79 Å². The normalized spacial score (nSPS) is 30.9. The van der Waals surface area contributed by atoms with Crippen LogP contribution in [0.15, 0.2) is 48.6 Å². The smallest absolute Gasteiger partial charge is 0.331 e. The minimum Gasteiger partial charge on any atom is -0.490 e. The van der Waals surface area contributed by atoms with E-state index < -0.39 is 27.1 Å². The number of sulfonamides is 1. The molecule has 2 bridgehead atoms. The maximum absolute atomic E-state index is 13.6. The minimum atomic E-state index is -3.91. The Morgan fingerprint density at radius 2 is 1.94 bits per heavy atom. The number of rotatable bonds is 4. The summed E-state index contributed by atoms with van der Waals surface area (Å²) in [7, 11) is -2.56. The molecule has 5 aliphatic rings. The highest BCUT2D eigenvalue weighted by Crippen LogP contribution is 2.47. The van der Waals surface area contributed by atoms with Crippen LogP contribution in [-0.4, -0.2) is 65.1 Å². The zero-order valence-electron chi connectivity index (χ0n) is 26.8. The summed E-state index contributed by atoms with van der Waals surface area (Å²) >= 11 is 6.43. The Bertz CT molecular complexity index is 1680. The topological polar surface area (TPSA) is 111 Å².